The third-order valence-corrected chi connectivity index (χ3v) is 2.77. The fourth-order valence-electron chi connectivity index (χ4n) is 2.01. The molecule has 3 saturated heterocycles. The summed E-state index contributed by atoms with van der Waals surface area (Å²) in [6, 6.07) is 0.492. The lowest BCUT2D eigenvalue weighted by Crippen LogP contribution is -2.36. The largest absolute Gasteiger partial charge is 0.330 e. The van der Waals surface area contributed by atoms with Gasteiger partial charge in [-0.25, -0.2) is 0 Å². The molecule has 3 rings (SSSR count). The van der Waals surface area contributed by atoms with Crippen LogP contribution in [-0.4, -0.2) is 48.4 Å². The Hall–Kier alpha value is -0.570. The molecule has 3 heterocycles. The molecule has 11 heavy (non-hydrogen) atoms. The first-order valence-corrected chi connectivity index (χ1v) is 4.27. The molecule has 3 aliphatic heterocycles. The van der Waals surface area contributed by atoms with Gasteiger partial charge in [-0.2, -0.15) is 0 Å². The average molecular weight is 153 g/mol. The Bertz CT molecular complexity index is 152. The van der Waals surface area contributed by atoms with Gasteiger partial charge < -0.3 is 9.80 Å². The average Bonchev–Trinajstić information content (AvgIpc) is 2.36. The SMILES string of the molecule is O=[C]N1CCN2CCC1CC2. The van der Waals surface area contributed by atoms with E-state index >= 15 is 0 Å². The van der Waals surface area contributed by atoms with E-state index in [-0.39, 0.29) is 0 Å². The third-order valence-electron chi connectivity index (χ3n) is 2.77. The number of rotatable bonds is 1. The quantitative estimate of drug-likeness (QED) is 0.522. The van der Waals surface area contributed by atoms with Crippen LogP contribution in [0.1, 0.15) is 12.8 Å². The maximum atomic E-state index is 10.5. The van der Waals surface area contributed by atoms with Crippen molar-refractivity contribution in [3.8, 4) is 0 Å². The Morgan fingerprint density at radius 1 is 1.09 bits per heavy atom. The minimum Gasteiger partial charge on any atom is -0.330 e. The molecule has 0 aromatic carbocycles. The molecule has 3 aliphatic rings. The standard InChI is InChI=1S/C8H13N2O/c11-7-10-6-5-9-3-1-8(10)2-4-9/h8H,1-6H2. The van der Waals surface area contributed by atoms with Crippen LogP contribution in [0.4, 0.5) is 0 Å². The van der Waals surface area contributed by atoms with E-state index in [4.69, 9.17) is 0 Å². The number of fused-ring (bicyclic) bond motifs is 4. The molecule has 0 aromatic heterocycles. The molecule has 0 N–H and O–H groups in total. The predicted octanol–water partition coefficient (Wildman–Crippen LogP) is -0.166. The second-order valence-electron chi connectivity index (χ2n) is 3.36. The highest BCUT2D eigenvalue weighted by Gasteiger charge is 2.28. The van der Waals surface area contributed by atoms with Crippen LogP contribution in [0, 0.1) is 0 Å². The van der Waals surface area contributed by atoms with Crippen molar-refractivity contribution < 1.29 is 4.79 Å². The molecular formula is C8H13N2O. The van der Waals surface area contributed by atoms with Crippen LogP contribution >= 0.6 is 0 Å². The molecule has 3 heteroatoms. The molecule has 0 aliphatic carbocycles. The van der Waals surface area contributed by atoms with E-state index in [1.54, 1.807) is 0 Å². The minimum absolute atomic E-state index is 0.492. The first kappa shape index (κ1) is 7.10. The predicted molar refractivity (Wildman–Crippen MR) is 41.9 cm³/mol. The van der Waals surface area contributed by atoms with Gasteiger partial charge in [0.25, 0.3) is 0 Å². The molecule has 0 aromatic rings. The molecular weight excluding hydrogens is 140 g/mol. The van der Waals surface area contributed by atoms with Crippen molar-refractivity contribution in [3.05, 3.63) is 0 Å². The van der Waals surface area contributed by atoms with Gasteiger partial charge in [0.1, 0.15) is 0 Å². The van der Waals surface area contributed by atoms with E-state index < -0.39 is 0 Å². The van der Waals surface area contributed by atoms with Gasteiger partial charge in [0.15, 0.2) is 0 Å². The third kappa shape index (κ3) is 1.25. The van der Waals surface area contributed by atoms with Crippen LogP contribution in [-0.2, 0) is 4.79 Å². The lowest BCUT2D eigenvalue weighted by molar-refractivity contribution is 0.227. The number of carbonyl (C=O) groups excluding carboxylic acids is 1. The molecule has 3 fully saturated rings. The second-order valence-corrected chi connectivity index (χ2v) is 3.36. The molecule has 2 bridgehead atoms. The topological polar surface area (TPSA) is 23.6 Å². The highest BCUT2D eigenvalue weighted by molar-refractivity contribution is 5.49. The highest BCUT2D eigenvalue weighted by Crippen LogP contribution is 2.18. The van der Waals surface area contributed by atoms with Gasteiger partial charge in [0.2, 0.25) is 0 Å². The van der Waals surface area contributed by atoms with Crippen molar-refractivity contribution in [2.45, 2.75) is 18.9 Å². The summed E-state index contributed by atoms with van der Waals surface area (Å²) in [7, 11) is 0. The van der Waals surface area contributed by atoms with Crippen LogP contribution in [0.5, 0.6) is 0 Å². The maximum absolute atomic E-state index is 10.5. The number of amides is 1. The lowest BCUT2D eigenvalue weighted by atomic mass is 10.1. The summed E-state index contributed by atoms with van der Waals surface area (Å²) in [5.74, 6) is 0. The fourth-order valence-corrected chi connectivity index (χ4v) is 2.01. The van der Waals surface area contributed by atoms with Crippen molar-refractivity contribution in [2.75, 3.05) is 26.2 Å². The van der Waals surface area contributed by atoms with Gasteiger partial charge in [-0.1, -0.05) is 0 Å². The lowest BCUT2D eigenvalue weighted by Gasteiger charge is -2.28. The van der Waals surface area contributed by atoms with Crippen LogP contribution in [0.25, 0.3) is 0 Å². The van der Waals surface area contributed by atoms with Gasteiger partial charge in [0.05, 0.1) is 0 Å². The van der Waals surface area contributed by atoms with E-state index in [9.17, 15) is 4.79 Å². The molecule has 61 valence electrons. The van der Waals surface area contributed by atoms with E-state index in [2.05, 4.69) is 4.90 Å². The Balaban J connectivity index is 2.08. The van der Waals surface area contributed by atoms with Crippen molar-refractivity contribution >= 4 is 6.41 Å². The number of piperidine rings is 1. The van der Waals surface area contributed by atoms with Crippen LogP contribution in [0.2, 0.25) is 0 Å². The van der Waals surface area contributed by atoms with Crippen molar-refractivity contribution in [2.24, 2.45) is 0 Å². The normalized spacial score (nSPS) is 36.9. The summed E-state index contributed by atoms with van der Waals surface area (Å²) in [4.78, 5) is 14.7. The minimum atomic E-state index is 0.492. The van der Waals surface area contributed by atoms with Gasteiger partial charge >= 0.3 is 6.41 Å². The van der Waals surface area contributed by atoms with Crippen LogP contribution in [0.3, 0.4) is 0 Å². The first-order chi connectivity index (χ1) is 5.40. The zero-order valence-corrected chi connectivity index (χ0v) is 6.62. The van der Waals surface area contributed by atoms with Crippen molar-refractivity contribution in [1.82, 2.24) is 9.80 Å². The molecule has 1 radical (unpaired) electrons. The summed E-state index contributed by atoms with van der Waals surface area (Å²) in [6.45, 7) is 4.27. The smallest absolute Gasteiger partial charge is 0.312 e. The van der Waals surface area contributed by atoms with Crippen LogP contribution in [0.15, 0.2) is 0 Å². The fraction of sp³-hybridized carbons (Fsp3) is 0.875. The summed E-state index contributed by atoms with van der Waals surface area (Å²) < 4.78 is 0. The number of hydrogen-bond donors (Lipinski definition) is 0. The van der Waals surface area contributed by atoms with Crippen molar-refractivity contribution in [3.63, 3.8) is 0 Å². The monoisotopic (exact) mass is 153 g/mol. The summed E-state index contributed by atoms with van der Waals surface area (Å²) in [5.41, 5.74) is 0. The molecule has 0 spiro atoms. The summed E-state index contributed by atoms with van der Waals surface area (Å²) in [5, 5.41) is 0. The molecule has 0 atom stereocenters. The number of hydrogen-bond acceptors (Lipinski definition) is 2. The summed E-state index contributed by atoms with van der Waals surface area (Å²) in [6.07, 6.45) is 4.32. The Morgan fingerprint density at radius 3 is 2.45 bits per heavy atom. The Labute approximate surface area is 67.0 Å². The molecule has 0 saturated carbocycles. The zero-order chi connectivity index (χ0) is 7.68. The Morgan fingerprint density at radius 2 is 1.82 bits per heavy atom. The van der Waals surface area contributed by atoms with Crippen molar-refractivity contribution in [1.29, 1.82) is 0 Å². The van der Waals surface area contributed by atoms with Gasteiger partial charge in [-0.3, -0.25) is 4.79 Å². The van der Waals surface area contributed by atoms with E-state index in [1.165, 1.54) is 13.1 Å². The zero-order valence-electron chi connectivity index (χ0n) is 6.62. The second kappa shape index (κ2) is 2.81. The van der Waals surface area contributed by atoms with Gasteiger partial charge in [-0.05, 0) is 12.8 Å². The summed E-state index contributed by atoms with van der Waals surface area (Å²) >= 11 is 0. The van der Waals surface area contributed by atoms with E-state index in [0.29, 0.717) is 6.04 Å². The molecule has 3 nitrogen and oxygen atoms in total. The Kier molecular flexibility index (Phi) is 1.82. The maximum Gasteiger partial charge on any atom is 0.312 e. The molecule has 1 amide bonds. The van der Waals surface area contributed by atoms with Gasteiger partial charge in [-0.15, -0.1) is 0 Å². The number of nitrogens with zero attached hydrogens (tertiary/aromatic N) is 2. The van der Waals surface area contributed by atoms with Gasteiger partial charge in [0, 0.05) is 32.2 Å². The first-order valence-electron chi connectivity index (χ1n) is 4.27. The van der Waals surface area contributed by atoms with E-state index in [0.717, 1.165) is 25.9 Å². The highest BCUT2D eigenvalue weighted by atomic mass is 16.1. The van der Waals surface area contributed by atoms with E-state index in [1.807, 2.05) is 11.3 Å². The van der Waals surface area contributed by atoms with Crippen LogP contribution < -0.4 is 0 Å². The molecule has 0 unspecified atom stereocenters.